The molecule has 4 heteroatoms. The fourth-order valence-electron chi connectivity index (χ4n) is 3.90. The number of anilines is 2. The number of para-hydroxylation sites is 1. The molecule has 0 saturated carbocycles. The van der Waals surface area contributed by atoms with Gasteiger partial charge in [0.2, 0.25) is 0 Å². The van der Waals surface area contributed by atoms with Crippen LogP contribution in [0.2, 0.25) is 0 Å². The molecule has 0 saturated heterocycles. The standard InChI is InChI=1S/C27H30N4/c1-3-9-21(2)18-25-19-27(29-24-10-5-4-6-11-24)31(30-25)20-22-13-15-23(16-14-22)26-12-7-8-17-28-26/h4-8,10-17,19,21,29H,3,9,18,20H2,1-2H3. The van der Waals surface area contributed by atoms with Crippen LogP contribution in [0.1, 0.15) is 37.9 Å². The molecule has 0 amide bonds. The van der Waals surface area contributed by atoms with E-state index in [0.717, 1.165) is 41.4 Å². The predicted octanol–water partition coefficient (Wildman–Crippen LogP) is 6.72. The molecule has 0 radical (unpaired) electrons. The second kappa shape index (κ2) is 10.1. The molecule has 31 heavy (non-hydrogen) atoms. The van der Waals surface area contributed by atoms with Crippen molar-refractivity contribution >= 4 is 11.5 Å². The van der Waals surface area contributed by atoms with Crippen molar-refractivity contribution in [1.29, 1.82) is 0 Å². The Hall–Kier alpha value is -3.40. The summed E-state index contributed by atoms with van der Waals surface area (Å²) in [4.78, 5) is 4.44. The van der Waals surface area contributed by atoms with Gasteiger partial charge in [-0.1, -0.05) is 75.2 Å². The molecule has 0 fully saturated rings. The summed E-state index contributed by atoms with van der Waals surface area (Å²) in [5.41, 5.74) is 5.55. The molecule has 0 aliphatic carbocycles. The van der Waals surface area contributed by atoms with Crippen LogP contribution in [-0.4, -0.2) is 14.8 Å². The van der Waals surface area contributed by atoms with E-state index in [2.05, 4.69) is 71.3 Å². The number of rotatable bonds is 9. The van der Waals surface area contributed by atoms with E-state index in [-0.39, 0.29) is 0 Å². The minimum Gasteiger partial charge on any atom is -0.340 e. The molecule has 2 aromatic carbocycles. The van der Waals surface area contributed by atoms with Crippen LogP contribution in [0.25, 0.3) is 11.3 Å². The molecule has 4 aromatic rings. The molecular formula is C27H30N4. The molecule has 2 aromatic heterocycles. The van der Waals surface area contributed by atoms with Gasteiger partial charge >= 0.3 is 0 Å². The summed E-state index contributed by atoms with van der Waals surface area (Å²) < 4.78 is 2.08. The number of aromatic nitrogens is 3. The van der Waals surface area contributed by atoms with Gasteiger partial charge in [-0.05, 0) is 42.2 Å². The van der Waals surface area contributed by atoms with Gasteiger partial charge in [0, 0.05) is 23.5 Å². The Kier molecular flexibility index (Phi) is 6.78. The molecular weight excluding hydrogens is 380 g/mol. The summed E-state index contributed by atoms with van der Waals surface area (Å²) in [6.45, 7) is 5.27. The number of nitrogens with one attached hydrogen (secondary N) is 1. The van der Waals surface area contributed by atoms with E-state index >= 15 is 0 Å². The number of nitrogens with zero attached hydrogens (tertiary/aromatic N) is 3. The van der Waals surface area contributed by atoms with Crippen molar-refractivity contribution < 1.29 is 0 Å². The Labute approximate surface area is 185 Å². The molecule has 1 unspecified atom stereocenters. The number of benzene rings is 2. The maximum atomic E-state index is 4.95. The van der Waals surface area contributed by atoms with E-state index in [9.17, 15) is 0 Å². The Bertz CT molecular complexity index is 1070. The predicted molar refractivity (Wildman–Crippen MR) is 129 cm³/mol. The first-order valence-corrected chi connectivity index (χ1v) is 11.1. The van der Waals surface area contributed by atoms with Crippen LogP contribution in [0.5, 0.6) is 0 Å². The minimum atomic E-state index is 0.635. The van der Waals surface area contributed by atoms with Gasteiger partial charge in [-0.2, -0.15) is 5.10 Å². The third-order valence-electron chi connectivity index (χ3n) is 5.46. The first-order valence-electron chi connectivity index (χ1n) is 11.1. The van der Waals surface area contributed by atoms with Crippen molar-refractivity contribution in [3.63, 3.8) is 0 Å². The second-order valence-corrected chi connectivity index (χ2v) is 8.18. The van der Waals surface area contributed by atoms with Crippen molar-refractivity contribution in [2.45, 2.75) is 39.7 Å². The molecule has 1 atom stereocenters. The summed E-state index contributed by atoms with van der Waals surface area (Å²) in [6, 6.07) is 27.1. The van der Waals surface area contributed by atoms with E-state index in [0.29, 0.717) is 5.92 Å². The van der Waals surface area contributed by atoms with Crippen molar-refractivity contribution in [2.24, 2.45) is 5.92 Å². The van der Waals surface area contributed by atoms with Crippen LogP contribution in [0, 0.1) is 5.92 Å². The zero-order valence-electron chi connectivity index (χ0n) is 18.3. The highest BCUT2D eigenvalue weighted by molar-refractivity contribution is 5.59. The van der Waals surface area contributed by atoms with E-state index < -0.39 is 0 Å². The summed E-state index contributed by atoms with van der Waals surface area (Å²) in [5, 5.41) is 8.49. The first kappa shape index (κ1) is 20.9. The minimum absolute atomic E-state index is 0.635. The lowest BCUT2D eigenvalue weighted by Crippen LogP contribution is -2.07. The maximum Gasteiger partial charge on any atom is 0.129 e. The number of hydrogen-bond acceptors (Lipinski definition) is 3. The zero-order chi connectivity index (χ0) is 21.5. The van der Waals surface area contributed by atoms with E-state index in [1.54, 1.807) is 0 Å². The monoisotopic (exact) mass is 410 g/mol. The first-order chi connectivity index (χ1) is 15.2. The molecule has 4 nitrogen and oxygen atoms in total. The van der Waals surface area contributed by atoms with E-state index in [1.807, 2.05) is 42.6 Å². The van der Waals surface area contributed by atoms with Gasteiger partial charge in [-0.15, -0.1) is 0 Å². The van der Waals surface area contributed by atoms with Crippen LogP contribution in [-0.2, 0) is 13.0 Å². The normalized spacial score (nSPS) is 11.9. The SMILES string of the molecule is CCCC(C)Cc1cc(Nc2ccccc2)n(Cc2ccc(-c3ccccn3)cc2)n1. The third-order valence-corrected chi connectivity index (χ3v) is 5.46. The number of hydrogen-bond donors (Lipinski definition) is 1. The van der Waals surface area contributed by atoms with Crippen LogP contribution in [0.3, 0.4) is 0 Å². The molecule has 158 valence electrons. The Balaban J connectivity index is 1.56. The largest absolute Gasteiger partial charge is 0.340 e. The summed E-state index contributed by atoms with van der Waals surface area (Å²) in [6.07, 6.45) is 5.27. The maximum absolute atomic E-state index is 4.95. The smallest absolute Gasteiger partial charge is 0.129 e. The van der Waals surface area contributed by atoms with Crippen molar-refractivity contribution in [2.75, 3.05) is 5.32 Å². The van der Waals surface area contributed by atoms with Crippen LogP contribution >= 0.6 is 0 Å². The third kappa shape index (κ3) is 5.60. The second-order valence-electron chi connectivity index (χ2n) is 8.18. The lowest BCUT2D eigenvalue weighted by atomic mass is 10.0. The van der Waals surface area contributed by atoms with Gasteiger partial charge in [0.05, 0.1) is 17.9 Å². The molecule has 4 rings (SSSR count). The Morgan fingerprint density at radius 1 is 0.935 bits per heavy atom. The van der Waals surface area contributed by atoms with E-state index in [1.165, 1.54) is 18.4 Å². The Morgan fingerprint density at radius 2 is 1.71 bits per heavy atom. The van der Waals surface area contributed by atoms with E-state index in [4.69, 9.17) is 5.10 Å². The average Bonchev–Trinajstić information content (AvgIpc) is 3.16. The van der Waals surface area contributed by atoms with Crippen LogP contribution in [0.15, 0.2) is 85.1 Å². The van der Waals surface area contributed by atoms with Gasteiger partial charge in [-0.3, -0.25) is 4.98 Å². The lowest BCUT2D eigenvalue weighted by molar-refractivity contribution is 0.511. The lowest BCUT2D eigenvalue weighted by Gasteiger charge is -2.10. The fourth-order valence-corrected chi connectivity index (χ4v) is 3.90. The van der Waals surface area contributed by atoms with Gasteiger partial charge in [-0.25, -0.2) is 4.68 Å². The van der Waals surface area contributed by atoms with Crippen molar-refractivity contribution in [3.05, 3.63) is 96.3 Å². The van der Waals surface area contributed by atoms with Gasteiger partial charge < -0.3 is 5.32 Å². The molecule has 2 heterocycles. The average molecular weight is 411 g/mol. The quantitative estimate of drug-likeness (QED) is 0.333. The van der Waals surface area contributed by atoms with Gasteiger partial charge in [0.25, 0.3) is 0 Å². The molecule has 0 spiro atoms. The van der Waals surface area contributed by atoms with Gasteiger partial charge in [0.1, 0.15) is 5.82 Å². The van der Waals surface area contributed by atoms with Gasteiger partial charge in [0.15, 0.2) is 0 Å². The van der Waals surface area contributed by atoms with Crippen molar-refractivity contribution in [3.8, 4) is 11.3 Å². The van der Waals surface area contributed by atoms with Crippen LogP contribution < -0.4 is 5.32 Å². The van der Waals surface area contributed by atoms with Crippen molar-refractivity contribution in [1.82, 2.24) is 14.8 Å². The topological polar surface area (TPSA) is 42.7 Å². The molecule has 0 aliphatic rings. The zero-order valence-corrected chi connectivity index (χ0v) is 18.3. The fraction of sp³-hybridized carbons (Fsp3) is 0.259. The molecule has 0 aliphatic heterocycles. The summed E-state index contributed by atoms with van der Waals surface area (Å²) in [5.74, 6) is 1.66. The molecule has 1 N–H and O–H groups in total. The molecule has 0 bridgehead atoms. The number of pyridine rings is 1. The highest BCUT2D eigenvalue weighted by Crippen LogP contribution is 2.23. The summed E-state index contributed by atoms with van der Waals surface area (Å²) in [7, 11) is 0. The highest BCUT2D eigenvalue weighted by Gasteiger charge is 2.12. The summed E-state index contributed by atoms with van der Waals surface area (Å²) >= 11 is 0. The Morgan fingerprint density at radius 3 is 2.42 bits per heavy atom. The van der Waals surface area contributed by atoms with Crippen LogP contribution in [0.4, 0.5) is 11.5 Å². The highest BCUT2D eigenvalue weighted by atomic mass is 15.3.